The van der Waals surface area contributed by atoms with Crippen LogP contribution in [0, 0.1) is 0 Å². The Morgan fingerprint density at radius 3 is 2.56 bits per heavy atom. The predicted octanol–water partition coefficient (Wildman–Crippen LogP) is 3.43. The zero-order valence-electron chi connectivity index (χ0n) is 15.2. The summed E-state index contributed by atoms with van der Waals surface area (Å²) >= 11 is 0. The Morgan fingerprint density at radius 1 is 1.04 bits per heavy atom. The molecule has 0 atom stereocenters. The second kappa shape index (κ2) is 8.84. The second-order valence-corrected chi connectivity index (χ2v) is 5.73. The van der Waals surface area contributed by atoms with Gasteiger partial charge in [0.05, 0.1) is 20.6 Å². The van der Waals surface area contributed by atoms with E-state index in [1.807, 2.05) is 36.4 Å². The summed E-state index contributed by atoms with van der Waals surface area (Å²) in [6.07, 6.45) is 0.480. The quantitative estimate of drug-likeness (QED) is 0.563. The van der Waals surface area contributed by atoms with Crippen LogP contribution in [0.4, 0.5) is 0 Å². The fourth-order valence-electron chi connectivity index (χ4n) is 2.47. The summed E-state index contributed by atoms with van der Waals surface area (Å²) in [5, 5.41) is 3.95. The SMILES string of the molecule is COc1ccc(-c2noc(CCC(=O)OCc3ccccc3)n2)cc1OC. The molecular weight excluding hydrogens is 348 g/mol. The van der Waals surface area contributed by atoms with E-state index in [0.717, 1.165) is 11.1 Å². The molecule has 7 nitrogen and oxygen atoms in total. The first-order valence-electron chi connectivity index (χ1n) is 8.44. The van der Waals surface area contributed by atoms with Crippen molar-refractivity contribution in [2.75, 3.05) is 14.2 Å². The van der Waals surface area contributed by atoms with Crippen LogP contribution in [0.5, 0.6) is 11.5 Å². The van der Waals surface area contributed by atoms with Crippen molar-refractivity contribution >= 4 is 5.97 Å². The molecule has 1 aromatic heterocycles. The summed E-state index contributed by atoms with van der Waals surface area (Å²) in [6.45, 7) is 0.250. The number of hydrogen-bond acceptors (Lipinski definition) is 7. The molecule has 0 saturated heterocycles. The summed E-state index contributed by atoms with van der Waals surface area (Å²) in [5.74, 6) is 1.67. The van der Waals surface area contributed by atoms with E-state index in [1.54, 1.807) is 26.4 Å². The minimum absolute atomic E-state index is 0.167. The lowest BCUT2D eigenvalue weighted by atomic mass is 10.2. The molecule has 2 aromatic carbocycles. The lowest BCUT2D eigenvalue weighted by Gasteiger charge is -2.07. The number of hydrogen-bond donors (Lipinski definition) is 0. The Labute approximate surface area is 156 Å². The van der Waals surface area contributed by atoms with Gasteiger partial charge in [0.1, 0.15) is 6.61 Å². The van der Waals surface area contributed by atoms with Crippen LogP contribution in [0.1, 0.15) is 17.9 Å². The molecule has 0 saturated carbocycles. The van der Waals surface area contributed by atoms with Crippen LogP contribution in [0.25, 0.3) is 11.4 Å². The summed E-state index contributed by atoms with van der Waals surface area (Å²) in [4.78, 5) is 16.2. The molecular formula is C20H20N2O5. The summed E-state index contributed by atoms with van der Waals surface area (Å²) in [6, 6.07) is 14.9. The number of methoxy groups -OCH3 is 2. The van der Waals surface area contributed by atoms with Gasteiger partial charge in [-0.05, 0) is 23.8 Å². The fraction of sp³-hybridized carbons (Fsp3) is 0.250. The third-order valence-electron chi connectivity index (χ3n) is 3.90. The van der Waals surface area contributed by atoms with Crippen LogP contribution in [0.3, 0.4) is 0 Å². The molecule has 0 spiro atoms. The van der Waals surface area contributed by atoms with Gasteiger partial charge in [-0.1, -0.05) is 35.5 Å². The van der Waals surface area contributed by atoms with Crippen molar-refractivity contribution in [3.8, 4) is 22.9 Å². The number of carbonyl (C=O) groups is 1. The highest BCUT2D eigenvalue weighted by Gasteiger charge is 2.13. The van der Waals surface area contributed by atoms with Gasteiger partial charge in [-0.15, -0.1) is 0 Å². The number of aromatic nitrogens is 2. The molecule has 7 heteroatoms. The van der Waals surface area contributed by atoms with Crippen molar-refractivity contribution in [3.05, 3.63) is 60.0 Å². The Kier molecular flexibility index (Phi) is 6.04. The van der Waals surface area contributed by atoms with Crippen LogP contribution in [-0.4, -0.2) is 30.3 Å². The minimum Gasteiger partial charge on any atom is -0.493 e. The number of carbonyl (C=O) groups excluding carboxylic acids is 1. The molecule has 27 heavy (non-hydrogen) atoms. The Hall–Kier alpha value is -3.35. The molecule has 3 aromatic rings. The van der Waals surface area contributed by atoms with Crippen LogP contribution >= 0.6 is 0 Å². The van der Waals surface area contributed by atoms with Gasteiger partial charge in [0.2, 0.25) is 11.7 Å². The van der Waals surface area contributed by atoms with Gasteiger partial charge in [0.25, 0.3) is 0 Å². The highest BCUT2D eigenvalue weighted by Crippen LogP contribution is 2.31. The van der Waals surface area contributed by atoms with Crippen LogP contribution in [-0.2, 0) is 22.6 Å². The van der Waals surface area contributed by atoms with Gasteiger partial charge in [-0.3, -0.25) is 4.79 Å². The van der Waals surface area contributed by atoms with E-state index in [1.165, 1.54) is 0 Å². The molecule has 1 heterocycles. The minimum atomic E-state index is -0.315. The van der Waals surface area contributed by atoms with Crippen molar-refractivity contribution in [1.82, 2.24) is 10.1 Å². The van der Waals surface area contributed by atoms with Gasteiger partial charge < -0.3 is 18.7 Å². The summed E-state index contributed by atoms with van der Waals surface area (Å²) < 4.78 is 20.9. The Morgan fingerprint density at radius 2 is 1.81 bits per heavy atom. The number of ether oxygens (including phenoxy) is 3. The fourth-order valence-corrected chi connectivity index (χ4v) is 2.47. The van der Waals surface area contributed by atoms with E-state index < -0.39 is 0 Å². The number of esters is 1. The van der Waals surface area contributed by atoms with E-state index in [-0.39, 0.29) is 19.0 Å². The zero-order chi connectivity index (χ0) is 19.1. The molecule has 140 valence electrons. The summed E-state index contributed by atoms with van der Waals surface area (Å²) in [7, 11) is 3.13. The highest BCUT2D eigenvalue weighted by atomic mass is 16.5. The molecule has 0 radical (unpaired) electrons. The maximum atomic E-state index is 11.9. The van der Waals surface area contributed by atoms with E-state index >= 15 is 0 Å². The maximum absolute atomic E-state index is 11.9. The van der Waals surface area contributed by atoms with Crippen molar-refractivity contribution in [3.63, 3.8) is 0 Å². The molecule has 3 rings (SSSR count). The van der Waals surface area contributed by atoms with E-state index in [4.69, 9.17) is 18.7 Å². The van der Waals surface area contributed by atoms with Crippen LogP contribution in [0.2, 0.25) is 0 Å². The molecule has 0 amide bonds. The lowest BCUT2D eigenvalue weighted by Crippen LogP contribution is -2.06. The smallest absolute Gasteiger partial charge is 0.306 e. The van der Waals surface area contributed by atoms with E-state index in [9.17, 15) is 4.79 Å². The predicted molar refractivity (Wildman–Crippen MR) is 97.4 cm³/mol. The van der Waals surface area contributed by atoms with E-state index in [2.05, 4.69) is 10.1 Å². The topological polar surface area (TPSA) is 83.7 Å². The van der Waals surface area contributed by atoms with Crippen LogP contribution in [0.15, 0.2) is 53.1 Å². The third-order valence-corrected chi connectivity index (χ3v) is 3.90. The maximum Gasteiger partial charge on any atom is 0.306 e. The molecule has 0 unspecified atom stereocenters. The largest absolute Gasteiger partial charge is 0.493 e. The molecule has 0 bridgehead atoms. The third kappa shape index (κ3) is 4.84. The molecule has 0 aliphatic heterocycles. The second-order valence-electron chi connectivity index (χ2n) is 5.73. The number of rotatable bonds is 8. The van der Waals surface area contributed by atoms with Gasteiger partial charge in [-0.2, -0.15) is 4.98 Å². The standard InChI is InChI=1S/C20H20N2O5/c1-24-16-9-8-15(12-17(16)25-2)20-21-18(27-22-20)10-11-19(23)26-13-14-6-4-3-5-7-14/h3-9,12H,10-11,13H2,1-2H3. The molecule has 0 fully saturated rings. The average molecular weight is 368 g/mol. The van der Waals surface area contributed by atoms with Gasteiger partial charge in [0, 0.05) is 12.0 Å². The van der Waals surface area contributed by atoms with Crippen LogP contribution < -0.4 is 9.47 Å². The number of nitrogens with zero attached hydrogens (tertiary/aromatic N) is 2. The summed E-state index contributed by atoms with van der Waals surface area (Å²) in [5.41, 5.74) is 1.67. The van der Waals surface area contributed by atoms with Crippen molar-refractivity contribution in [1.29, 1.82) is 0 Å². The first kappa shape index (κ1) is 18.4. The van der Waals surface area contributed by atoms with Crippen molar-refractivity contribution in [2.45, 2.75) is 19.4 Å². The van der Waals surface area contributed by atoms with Gasteiger partial charge in [0.15, 0.2) is 11.5 Å². The molecule has 0 aliphatic rings. The normalized spacial score (nSPS) is 10.4. The van der Waals surface area contributed by atoms with Gasteiger partial charge >= 0.3 is 5.97 Å². The Bertz CT molecular complexity index is 892. The van der Waals surface area contributed by atoms with Crippen molar-refractivity contribution in [2.24, 2.45) is 0 Å². The number of benzene rings is 2. The average Bonchev–Trinajstić information content (AvgIpc) is 3.20. The first-order chi connectivity index (χ1) is 13.2. The Balaban J connectivity index is 1.55. The van der Waals surface area contributed by atoms with Gasteiger partial charge in [-0.25, -0.2) is 0 Å². The lowest BCUT2D eigenvalue weighted by molar-refractivity contribution is -0.145. The first-order valence-corrected chi connectivity index (χ1v) is 8.44. The van der Waals surface area contributed by atoms with Crippen molar-refractivity contribution < 1.29 is 23.5 Å². The zero-order valence-corrected chi connectivity index (χ0v) is 15.2. The monoisotopic (exact) mass is 368 g/mol. The molecule has 0 N–H and O–H groups in total. The highest BCUT2D eigenvalue weighted by molar-refractivity contribution is 5.69. The van der Waals surface area contributed by atoms with E-state index in [0.29, 0.717) is 29.6 Å². The number of aryl methyl sites for hydroxylation is 1. The molecule has 0 aliphatic carbocycles.